The molecule has 38 heavy (non-hydrogen) atoms. The Hall–Kier alpha value is -4.31. The molecule has 0 spiro atoms. The van der Waals surface area contributed by atoms with Crippen molar-refractivity contribution >= 4 is 28.1 Å². The Bertz CT molecular complexity index is 1600. The number of benzene rings is 3. The van der Waals surface area contributed by atoms with Gasteiger partial charge in [-0.3, -0.25) is 4.79 Å². The van der Waals surface area contributed by atoms with Crippen LogP contribution in [0.2, 0.25) is 0 Å². The molecule has 5 rings (SSSR count). The van der Waals surface area contributed by atoms with Crippen LogP contribution in [0.4, 0.5) is 8.78 Å². The first-order valence-electron chi connectivity index (χ1n) is 11.8. The lowest BCUT2D eigenvalue weighted by Crippen LogP contribution is -2.39. The van der Waals surface area contributed by atoms with Gasteiger partial charge in [0.2, 0.25) is 0 Å². The topological polar surface area (TPSA) is 78.3 Å². The Balaban J connectivity index is 1.45. The minimum Gasteiger partial charge on any atom is -0.494 e. The van der Waals surface area contributed by atoms with Crippen LogP contribution in [0.15, 0.2) is 73.1 Å². The van der Waals surface area contributed by atoms with Crippen LogP contribution in [0.5, 0.6) is 11.5 Å². The largest absolute Gasteiger partial charge is 0.494 e. The zero-order valence-corrected chi connectivity index (χ0v) is 21.6. The molecule has 2 aromatic heterocycles. The van der Waals surface area contributed by atoms with Gasteiger partial charge in [-0.15, -0.1) is 11.3 Å². The zero-order valence-electron chi connectivity index (χ0n) is 20.8. The molecule has 0 bridgehead atoms. The summed E-state index contributed by atoms with van der Waals surface area (Å²) in [6.07, 6.45) is 2.59. The van der Waals surface area contributed by atoms with E-state index in [9.17, 15) is 13.6 Å². The summed E-state index contributed by atoms with van der Waals surface area (Å²) >= 11 is 1.29. The number of hydrogen-bond donors (Lipinski definition) is 1. The molecule has 0 aliphatic heterocycles. The number of halogens is 2. The number of nitrogens with one attached hydrogen (secondary N) is 1. The van der Waals surface area contributed by atoms with Crippen molar-refractivity contribution in [2.45, 2.75) is 26.0 Å². The van der Waals surface area contributed by atoms with E-state index in [1.807, 2.05) is 19.1 Å². The van der Waals surface area contributed by atoms with E-state index in [0.29, 0.717) is 16.3 Å². The maximum Gasteiger partial charge on any atom is 0.280 e. The number of aryl methyl sites for hydroxylation is 1. The van der Waals surface area contributed by atoms with E-state index in [1.54, 1.807) is 48.3 Å². The van der Waals surface area contributed by atoms with E-state index >= 15 is 0 Å². The Morgan fingerprint density at radius 2 is 1.84 bits per heavy atom. The second-order valence-corrected chi connectivity index (χ2v) is 9.96. The lowest BCUT2D eigenvalue weighted by Gasteiger charge is -2.26. The Morgan fingerprint density at radius 1 is 1.05 bits per heavy atom. The van der Waals surface area contributed by atoms with Crippen molar-refractivity contribution in [1.29, 1.82) is 0 Å². The molecule has 2 heterocycles. The predicted octanol–water partition coefficient (Wildman–Crippen LogP) is 6.02. The van der Waals surface area contributed by atoms with Crippen LogP contribution in [0.3, 0.4) is 0 Å². The summed E-state index contributed by atoms with van der Waals surface area (Å²) in [5, 5.41) is 8.48. The number of carbonyl (C=O) groups excluding carboxylic acids is 1. The molecule has 1 amide bonds. The maximum atomic E-state index is 14.6. The molecule has 194 valence electrons. The molecule has 0 aliphatic rings. The van der Waals surface area contributed by atoms with Crippen LogP contribution >= 0.6 is 11.3 Å². The number of fused-ring (bicyclic) bond motifs is 1. The number of hydrogen-bond acceptors (Lipinski definition) is 6. The maximum absolute atomic E-state index is 14.6. The highest BCUT2D eigenvalue weighted by Gasteiger charge is 2.26. The number of aromatic nitrogens is 3. The summed E-state index contributed by atoms with van der Waals surface area (Å²) in [6.45, 7) is 3.66. The smallest absolute Gasteiger partial charge is 0.280 e. The molecule has 0 fully saturated rings. The van der Waals surface area contributed by atoms with Crippen molar-refractivity contribution in [3.63, 3.8) is 0 Å². The number of methoxy groups -OCH3 is 1. The van der Waals surface area contributed by atoms with E-state index in [1.165, 1.54) is 42.7 Å². The van der Waals surface area contributed by atoms with Crippen molar-refractivity contribution in [3.05, 3.63) is 100 Å². The number of rotatable bonds is 8. The molecule has 0 radical (unpaired) electrons. The van der Waals surface area contributed by atoms with Gasteiger partial charge < -0.3 is 14.8 Å². The Kier molecular flexibility index (Phi) is 7.06. The molecule has 10 heteroatoms. The molecular formula is C28H24F2N4O3S. The highest BCUT2D eigenvalue weighted by atomic mass is 32.1. The minimum absolute atomic E-state index is 0.108. The molecule has 0 unspecified atom stereocenters. The number of thiazole rings is 1. The summed E-state index contributed by atoms with van der Waals surface area (Å²) in [6, 6.07) is 15.5. The summed E-state index contributed by atoms with van der Waals surface area (Å²) in [7, 11) is 1.40. The lowest BCUT2D eigenvalue weighted by molar-refractivity contribution is 0.0881. The fourth-order valence-corrected chi connectivity index (χ4v) is 4.81. The van der Waals surface area contributed by atoms with Crippen LogP contribution in [0, 0.1) is 18.6 Å². The predicted molar refractivity (Wildman–Crippen MR) is 141 cm³/mol. The normalized spacial score (nSPS) is 12.8. The van der Waals surface area contributed by atoms with Crippen LogP contribution in [0.25, 0.3) is 16.6 Å². The van der Waals surface area contributed by atoms with Crippen LogP contribution in [-0.2, 0) is 0 Å². The van der Waals surface area contributed by atoms with Crippen molar-refractivity contribution < 1.29 is 23.0 Å². The second kappa shape index (κ2) is 10.6. The van der Waals surface area contributed by atoms with Crippen molar-refractivity contribution in [3.8, 4) is 17.2 Å². The molecule has 0 aliphatic carbocycles. The van der Waals surface area contributed by atoms with Crippen LogP contribution in [0.1, 0.15) is 33.3 Å². The third kappa shape index (κ3) is 5.21. The van der Waals surface area contributed by atoms with Crippen molar-refractivity contribution in [2.75, 3.05) is 7.11 Å². The molecule has 7 nitrogen and oxygen atoms in total. The Morgan fingerprint density at radius 3 is 2.53 bits per heavy atom. The van der Waals surface area contributed by atoms with Gasteiger partial charge in [-0.25, -0.2) is 18.4 Å². The highest BCUT2D eigenvalue weighted by Crippen LogP contribution is 2.31. The number of nitrogens with zero attached hydrogens (tertiary/aromatic N) is 3. The summed E-state index contributed by atoms with van der Waals surface area (Å²) in [5.74, 6) is -0.591. The lowest BCUT2D eigenvalue weighted by atomic mass is 10.0. The molecule has 2 atom stereocenters. The number of ether oxygens (including phenoxy) is 2. The molecule has 3 aromatic carbocycles. The van der Waals surface area contributed by atoms with Crippen LogP contribution < -0.4 is 14.8 Å². The average Bonchev–Trinajstić information content (AvgIpc) is 3.53. The molecule has 0 saturated heterocycles. The van der Waals surface area contributed by atoms with Gasteiger partial charge in [-0.1, -0.05) is 6.07 Å². The van der Waals surface area contributed by atoms with Gasteiger partial charge >= 0.3 is 0 Å². The summed E-state index contributed by atoms with van der Waals surface area (Å²) in [5.41, 5.74) is 2.04. The standard InChI is InChI=1S/C28H24F2N4O3S/c1-16-14-31-28(38-16)27(35)33-17(2)26(18-4-11-25(36-3)23(30)13-18)37-22-9-10-24-19(12-22)15-32-34(24)21-7-5-20(29)6-8-21/h4-15,17,26H,1-3H3,(H,33,35)/t17-,26+/m0/s1. The first-order valence-corrected chi connectivity index (χ1v) is 12.6. The van der Waals surface area contributed by atoms with Crippen molar-refractivity contribution in [2.24, 2.45) is 0 Å². The van der Waals surface area contributed by atoms with E-state index in [2.05, 4.69) is 15.4 Å². The van der Waals surface area contributed by atoms with Crippen LogP contribution in [-0.4, -0.2) is 33.8 Å². The van der Waals surface area contributed by atoms with Gasteiger partial charge in [-0.05, 0) is 74.0 Å². The molecular weight excluding hydrogens is 510 g/mol. The SMILES string of the molecule is COc1ccc([C@H](Oc2ccc3c(cnn3-c3ccc(F)cc3)c2)[C@H](C)NC(=O)c2ncc(C)s2)cc1F. The number of amides is 1. The molecule has 1 N–H and O–H groups in total. The van der Waals surface area contributed by atoms with Gasteiger partial charge in [0, 0.05) is 16.5 Å². The van der Waals surface area contributed by atoms with Gasteiger partial charge in [0.15, 0.2) is 16.6 Å². The van der Waals surface area contributed by atoms with E-state index in [0.717, 1.165) is 21.5 Å². The zero-order chi connectivity index (χ0) is 26.8. The van der Waals surface area contributed by atoms with E-state index in [4.69, 9.17) is 9.47 Å². The molecule has 0 saturated carbocycles. The van der Waals surface area contributed by atoms with Gasteiger partial charge in [-0.2, -0.15) is 5.10 Å². The molecule has 5 aromatic rings. The van der Waals surface area contributed by atoms with Crippen molar-refractivity contribution in [1.82, 2.24) is 20.1 Å². The fraction of sp³-hybridized carbons (Fsp3) is 0.179. The Labute approximate surface area is 221 Å². The van der Waals surface area contributed by atoms with E-state index in [-0.39, 0.29) is 17.5 Å². The van der Waals surface area contributed by atoms with E-state index < -0.39 is 18.0 Å². The third-order valence-electron chi connectivity index (χ3n) is 6.01. The first kappa shape index (κ1) is 25.3. The summed E-state index contributed by atoms with van der Waals surface area (Å²) < 4.78 is 41.1. The monoisotopic (exact) mass is 534 g/mol. The van der Waals surface area contributed by atoms with Gasteiger partial charge in [0.05, 0.1) is 30.6 Å². The number of carbonyl (C=O) groups is 1. The highest BCUT2D eigenvalue weighted by molar-refractivity contribution is 7.13. The van der Waals surface area contributed by atoms with Gasteiger partial charge in [0.25, 0.3) is 5.91 Å². The fourth-order valence-electron chi connectivity index (χ4n) is 4.14. The quantitative estimate of drug-likeness (QED) is 0.264. The third-order valence-corrected chi connectivity index (χ3v) is 6.92. The second-order valence-electron chi connectivity index (χ2n) is 8.72. The van der Waals surface area contributed by atoms with Gasteiger partial charge in [0.1, 0.15) is 17.7 Å². The minimum atomic E-state index is -0.731. The average molecular weight is 535 g/mol. The first-order chi connectivity index (χ1) is 18.3. The summed E-state index contributed by atoms with van der Waals surface area (Å²) in [4.78, 5) is 17.9.